The summed E-state index contributed by atoms with van der Waals surface area (Å²) in [5.74, 6) is -1.64. The summed E-state index contributed by atoms with van der Waals surface area (Å²) in [6, 6.07) is 11.6. The van der Waals surface area contributed by atoms with E-state index in [-0.39, 0.29) is 18.3 Å². The zero-order valence-electron chi connectivity index (χ0n) is 16.2. The predicted octanol–water partition coefficient (Wildman–Crippen LogP) is 2.87. The van der Waals surface area contributed by atoms with Gasteiger partial charge in [0, 0.05) is 17.4 Å². The SMILES string of the molecule is CN(C)CC(=O)Nc1ccc(NC(=O)C(=O)Nc2cc(-c3ccc(Cl)s3)[nH]n2)cc1. The maximum Gasteiger partial charge on any atom is 0.315 e. The first kappa shape index (κ1) is 21.5. The van der Waals surface area contributed by atoms with E-state index in [1.54, 1.807) is 55.4 Å². The topological polar surface area (TPSA) is 119 Å². The van der Waals surface area contributed by atoms with Crippen LogP contribution < -0.4 is 16.0 Å². The van der Waals surface area contributed by atoms with Gasteiger partial charge in [-0.1, -0.05) is 11.6 Å². The summed E-state index contributed by atoms with van der Waals surface area (Å²) >= 11 is 7.28. The number of hydrogen-bond donors (Lipinski definition) is 4. The molecule has 3 aromatic rings. The average Bonchev–Trinajstić information content (AvgIpc) is 3.31. The summed E-state index contributed by atoms with van der Waals surface area (Å²) in [6.45, 7) is 0.257. The summed E-state index contributed by atoms with van der Waals surface area (Å²) in [4.78, 5) is 38.6. The molecule has 0 saturated heterocycles. The minimum absolute atomic E-state index is 0.153. The number of aromatic nitrogens is 2. The number of nitrogens with zero attached hydrogens (tertiary/aromatic N) is 2. The molecule has 11 heteroatoms. The van der Waals surface area contributed by atoms with E-state index in [2.05, 4.69) is 26.1 Å². The van der Waals surface area contributed by atoms with Crippen LogP contribution in [-0.2, 0) is 14.4 Å². The number of halogens is 1. The van der Waals surface area contributed by atoms with Crippen molar-refractivity contribution in [1.29, 1.82) is 0 Å². The monoisotopic (exact) mass is 446 g/mol. The summed E-state index contributed by atoms with van der Waals surface area (Å²) in [5.41, 5.74) is 1.67. The van der Waals surface area contributed by atoms with Crippen LogP contribution in [0, 0.1) is 0 Å². The summed E-state index contributed by atoms with van der Waals surface area (Å²) in [5, 5.41) is 14.4. The van der Waals surface area contributed by atoms with Crippen molar-refractivity contribution in [2.24, 2.45) is 0 Å². The van der Waals surface area contributed by atoms with Gasteiger partial charge >= 0.3 is 11.8 Å². The number of anilines is 3. The quantitative estimate of drug-likeness (QED) is 0.434. The van der Waals surface area contributed by atoms with E-state index < -0.39 is 11.8 Å². The molecule has 156 valence electrons. The van der Waals surface area contributed by atoms with Gasteiger partial charge in [0.15, 0.2) is 5.82 Å². The fraction of sp³-hybridized carbons (Fsp3) is 0.158. The number of amides is 3. The largest absolute Gasteiger partial charge is 0.325 e. The number of H-pyrrole nitrogens is 1. The molecule has 9 nitrogen and oxygen atoms in total. The molecule has 4 N–H and O–H groups in total. The Hall–Kier alpha value is -3.21. The van der Waals surface area contributed by atoms with Crippen molar-refractivity contribution in [1.82, 2.24) is 15.1 Å². The molecule has 1 aromatic carbocycles. The lowest BCUT2D eigenvalue weighted by molar-refractivity contribution is -0.133. The highest BCUT2D eigenvalue weighted by molar-refractivity contribution is 7.19. The highest BCUT2D eigenvalue weighted by Crippen LogP contribution is 2.30. The molecule has 0 unspecified atom stereocenters. The fourth-order valence-corrected chi connectivity index (χ4v) is 3.47. The lowest BCUT2D eigenvalue weighted by atomic mass is 10.2. The molecule has 0 fully saturated rings. The summed E-state index contributed by atoms with van der Waals surface area (Å²) in [7, 11) is 3.59. The molecule has 0 spiro atoms. The Kier molecular flexibility index (Phi) is 6.83. The Morgan fingerprint density at radius 1 is 1.00 bits per heavy atom. The molecule has 0 atom stereocenters. The second-order valence-electron chi connectivity index (χ2n) is 6.54. The van der Waals surface area contributed by atoms with Crippen molar-refractivity contribution in [3.63, 3.8) is 0 Å². The van der Waals surface area contributed by atoms with Crippen LogP contribution in [0.2, 0.25) is 4.34 Å². The molecule has 30 heavy (non-hydrogen) atoms. The highest BCUT2D eigenvalue weighted by atomic mass is 35.5. The van der Waals surface area contributed by atoms with Crippen molar-refractivity contribution in [3.05, 3.63) is 46.8 Å². The van der Waals surface area contributed by atoms with E-state index in [9.17, 15) is 14.4 Å². The van der Waals surface area contributed by atoms with Gasteiger partial charge in [-0.3, -0.25) is 19.5 Å². The molecule has 2 heterocycles. The van der Waals surface area contributed by atoms with Gasteiger partial charge in [0.25, 0.3) is 0 Å². The molecule has 0 radical (unpaired) electrons. The summed E-state index contributed by atoms with van der Waals surface area (Å²) < 4.78 is 0.632. The van der Waals surface area contributed by atoms with Gasteiger partial charge in [-0.15, -0.1) is 11.3 Å². The van der Waals surface area contributed by atoms with Crippen LogP contribution >= 0.6 is 22.9 Å². The highest BCUT2D eigenvalue weighted by Gasteiger charge is 2.16. The van der Waals surface area contributed by atoms with Crippen LogP contribution in [-0.4, -0.2) is 53.5 Å². The zero-order valence-corrected chi connectivity index (χ0v) is 17.7. The molecule has 0 bridgehead atoms. The van der Waals surface area contributed by atoms with Crippen LogP contribution in [0.5, 0.6) is 0 Å². The molecule has 3 rings (SSSR count). The number of aromatic amines is 1. The Morgan fingerprint density at radius 3 is 2.23 bits per heavy atom. The second kappa shape index (κ2) is 9.53. The number of rotatable bonds is 6. The lowest BCUT2D eigenvalue weighted by Crippen LogP contribution is -2.29. The Morgan fingerprint density at radius 2 is 1.63 bits per heavy atom. The normalized spacial score (nSPS) is 10.7. The van der Waals surface area contributed by atoms with E-state index >= 15 is 0 Å². The number of carbonyl (C=O) groups is 3. The standard InChI is InChI=1S/C19H19ClN6O3S/c1-26(2)10-17(27)21-11-3-5-12(6-4-11)22-18(28)19(29)23-16-9-13(24-25-16)14-7-8-15(20)30-14/h3-9H,10H2,1-2H3,(H,21,27)(H,22,28)(H2,23,24,25,29). The predicted molar refractivity (Wildman–Crippen MR) is 118 cm³/mol. The maximum absolute atomic E-state index is 12.1. The molecular weight excluding hydrogens is 428 g/mol. The van der Waals surface area contributed by atoms with Crippen LogP contribution in [0.15, 0.2) is 42.5 Å². The van der Waals surface area contributed by atoms with Crippen molar-refractivity contribution >= 4 is 57.9 Å². The number of thiophene rings is 1. The fourth-order valence-electron chi connectivity index (χ4n) is 2.46. The van der Waals surface area contributed by atoms with Gasteiger partial charge in [0.1, 0.15) is 0 Å². The first-order valence-corrected chi connectivity index (χ1v) is 9.97. The number of hydrogen-bond acceptors (Lipinski definition) is 6. The minimum Gasteiger partial charge on any atom is -0.325 e. The Bertz CT molecular complexity index is 1060. The van der Waals surface area contributed by atoms with Gasteiger partial charge in [-0.2, -0.15) is 5.10 Å². The molecule has 2 aromatic heterocycles. The molecule has 0 aliphatic carbocycles. The summed E-state index contributed by atoms with van der Waals surface area (Å²) in [6.07, 6.45) is 0. The third kappa shape index (κ3) is 5.89. The van der Waals surface area contributed by atoms with Crippen molar-refractivity contribution in [2.75, 3.05) is 36.6 Å². The van der Waals surface area contributed by atoms with Gasteiger partial charge in [0.05, 0.1) is 21.5 Å². The van der Waals surface area contributed by atoms with Crippen LogP contribution in [0.3, 0.4) is 0 Å². The lowest BCUT2D eigenvalue weighted by Gasteiger charge is -2.10. The van der Waals surface area contributed by atoms with Crippen molar-refractivity contribution in [2.45, 2.75) is 0 Å². The minimum atomic E-state index is -0.861. The first-order chi connectivity index (χ1) is 14.3. The average molecular weight is 447 g/mol. The van der Waals surface area contributed by atoms with Crippen LogP contribution in [0.4, 0.5) is 17.2 Å². The maximum atomic E-state index is 12.1. The van der Waals surface area contributed by atoms with Crippen LogP contribution in [0.1, 0.15) is 0 Å². The van der Waals surface area contributed by atoms with E-state index in [1.165, 1.54) is 11.3 Å². The molecule has 0 aliphatic heterocycles. The van der Waals surface area contributed by atoms with E-state index in [4.69, 9.17) is 11.6 Å². The van der Waals surface area contributed by atoms with Crippen molar-refractivity contribution < 1.29 is 14.4 Å². The number of benzene rings is 1. The van der Waals surface area contributed by atoms with E-state index in [1.807, 2.05) is 6.07 Å². The van der Waals surface area contributed by atoms with Crippen LogP contribution in [0.25, 0.3) is 10.6 Å². The molecule has 0 saturated carbocycles. The molecule has 0 aliphatic rings. The zero-order chi connectivity index (χ0) is 21.7. The van der Waals surface area contributed by atoms with Gasteiger partial charge in [0.2, 0.25) is 5.91 Å². The van der Waals surface area contributed by atoms with Gasteiger partial charge in [-0.25, -0.2) is 0 Å². The van der Waals surface area contributed by atoms with Gasteiger partial charge < -0.3 is 20.9 Å². The first-order valence-electron chi connectivity index (χ1n) is 8.78. The van der Waals surface area contributed by atoms with Gasteiger partial charge in [-0.05, 0) is 50.5 Å². The van der Waals surface area contributed by atoms with E-state index in [0.29, 0.717) is 21.4 Å². The number of nitrogens with one attached hydrogen (secondary N) is 4. The molecular formula is C19H19ClN6O3S. The van der Waals surface area contributed by atoms with E-state index in [0.717, 1.165) is 4.88 Å². The number of carbonyl (C=O) groups excluding carboxylic acids is 3. The smallest absolute Gasteiger partial charge is 0.315 e. The Balaban J connectivity index is 1.53. The Labute approximate surface area is 181 Å². The third-order valence-corrected chi connectivity index (χ3v) is 5.02. The molecule has 3 amide bonds. The second-order valence-corrected chi connectivity index (χ2v) is 8.26. The third-order valence-electron chi connectivity index (χ3n) is 3.75. The van der Waals surface area contributed by atoms with Crippen molar-refractivity contribution in [3.8, 4) is 10.6 Å². The number of likely N-dealkylation sites (N-methyl/N-ethyl adjacent to an activating group) is 1.